The minimum atomic E-state index is 0.790. The van der Waals surface area contributed by atoms with E-state index in [1.165, 1.54) is 25.8 Å². The van der Waals surface area contributed by atoms with Gasteiger partial charge < -0.3 is 10.2 Å². The Balaban J connectivity index is 1.64. The molecule has 0 radical (unpaired) electrons. The molecular weight excluding hydrogens is 232 g/mol. The number of rotatable bonds is 6. The first-order chi connectivity index (χ1) is 8.24. The third-order valence-corrected chi connectivity index (χ3v) is 3.68. The van der Waals surface area contributed by atoms with Gasteiger partial charge in [0, 0.05) is 30.3 Å². The molecule has 1 N–H and O–H groups in total. The van der Waals surface area contributed by atoms with Crippen LogP contribution < -0.4 is 5.32 Å². The van der Waals surface area contributed by atoms with E-state index in [2.05, 4.69) is 23.3 Å². The average Bonchev–Trinajstić information content (AvgIpc) is 2.24. The van der Waals surface area contributed by atoms with Crippen LogP contribution in [0.4, 0.5) is 5.69 Å². The molecule has 0 saturated heterocycles. The molecule has 1 aliphatic carbocycles. The highest BCUT2D eigenvalue weighted by atomic mass is 35.5. The van der Waals surface area contributed by atoms with Crippen LogP contribution in [-0.4, -0.2) is 31.6 Å². The summed E-state index contributed by atoms with van der Waals surface area (Å²) >= 11 is 5.93. The van der Waals surface area contributed by atoms with Crippen LogP contribution in [0.5, 0.6) is 0 Å². The van der Waals surface area contributed by atoms with Gasteiger partial charge in [0.05, 0.1) is 0 Å². The van der Waals surface area contributed by atoms with Gasteiger partial charge >= 0.3 is 0 Å². The van der Waals surface area contributed by atoms with E-state index in [1.807, 2.05) is 18.2 Å². The molecule has 1 aromatic carbocycles. The summed E-state index contributed by atoms with van der Waals surface area (Å²) in [6.45, 7) is 3.31. The lowest BCUT2D eigenvalue weighted by molar-refractivity contribution is 0.210. The van der Waals surface area contributed by atoms with Crippen LogP contribution >= 0.6 is 11.6 Å². The van der Waals surface area contributed by atoms with E-state index < -0.39 is 0 Å². The van der Waals surface area contributed by atoms with Gasteiger partial charge in [-0.15, -0.1) is 0 Å². The largest absolute Gasteiger partial charge is 0.384 e. The van der Waals surface area contributed by atoms with Gasteiger partial charge in [0.1, 0.15) is 0 Å². The number of nitrogens with one attached hydrogen (secondary N) is 1. The predicted octanol–water partition coefficient (Wildman–Crippen LogP) is 3.48. The third-order valence-electron chi connectivity index (χ3n) is 3.44. The second kappa shape index (κ2) is 6.27. The van der Waals surface area contributed by atoms with Crippen LogP contribution in [0.1, 0.15) is 19.3 Å². The van der Waals surface area contributed by atoms with Crippen LogP contribution in [0.3, 0.4) is 0 Å². The van der Waals surface area contributed by atoms with E-state index in [0.717, 1.165) is 29.7 Å². The lowest BCUT2D eigenvalue weighted by Gasteiger charge is -2.30. The van der Waals surface area contributed by atoms with Gasteiger partial charge in [-0.1, -0.05) is 24.1 Å². The van der Waals surface area contributed by atoms with Crippen molar-refractivity contribution < 1.29 is 0 Å². The smallest absolute Gasteiger partial charge is 0.0426 e. The molecule has 2 nitrogen and oxygen atoms in total. The average molecular weight is 253 g/mol. The molecule has 0 unspecified atom stereocenters. The molecule has 1 aromatic rings. The first-order valence-electron chi connectivity index (χ1n) is 6.42. The summed E-state index contributed by atoms with van der Waals surface area (Å²) in [5.74, 6) is 0.950. The minimum absolute atomic E-state index is 0.790. The zero-order valence-corrected chi connectivity index (χ0v) is 11.2. The van der Waals surface area contributed by atoms with Crippen molar-refractivity contribution in [2.24, 2.45) is 5.92 Å². The minimum Gasteiger partial charge on any atom is -0.384 e. The highest BCUT2D eigenvalue weighted by molar-refractivity contribution is 6.30. The summed E-state index contributed by atoms with van der Waals surface area (Å²) in [5, 5.41) is 4.19. The topological polar surface area (TPSA) is 15.3 Å². The molecule has 0 aromatic heterocycles. The van der Waals surface area contributed by atoms with Crippen LogP contribution in [0.25, 0.3) is 0 Å². The van der Waals surface area contributed by atoms with E-state index in [0.29, 0.717) is 0 Å². The number of hydrogen-bond donors (Lipinski definition) is 1. The van der Waals surface area contributed by atoms with Gasteiger partial charge in [-0.3, -0.25) is 0 Å². The van der Waals surface area contributed by atoms with E-state index in [4.69, 9.17) is 11.6 Å². The molecule has 0 heterocycles. The van der Waals surface area contributed by atoms with E-state index >= 15 is 0 Å². The summed E-state index contributed by atoms with van der Waals surface area (Å²) in [4.78, 5) is 2.42. The third kappa shape index (κ3) is 4.21. The second-order valence-electron chi connectivity index (χ2n) is 5.00. The van der Waals surface area contributed by atoms with Gasteiger partial charge in [0.2, 0.25) is 0 Å². The quantitative estimate of drug-likeness (QED) is 0.834. The first-order valence-corrected chi connectivity index (χ1v) is 6.80. The van der Waals surface area contributed by atoms with Gasteiger partial charge in [-0.25, -0.2) is 0 Å². The second-order valence-corrected chi connectivity index (χ2v) is 5.43. The zero-order chi connectivity index (χ0) is 12.1. The van der Waals surface area contributed by atoms with E-state index in [-0.39, 0.29) is 0 Å². The summed E-state index contributed by atoms with van der Waals surface area (Å²) in [5.41, 5.74) is 1.11. The van der Waals surface area contributed by atoms with Crippen molar-refractivity contribution >= 4 is 17.3 Å². The highest BCUT2D eigenvalue weighted by Gasteiger charge is 2.18. The fourth-order valence-corrected chi connectivity index (χ4v) is 2.39. The summed E-state index contributed by atoms with van der Waals surface area (Å²) in [6, 6.07) is 7.89. The number of hydrogen-bond acceptors (Lipinski definition) is 2. The molecule has 17 heavy (non-hydrogen) atoms. The summed E-state index contributed by atoms with van der Waals surface area (Å²) < 4.78 is 0. The van der Waals surface area contributed by atoms with Crippen LogP contribution in [0.15, 0.2) is 24.3 Å². The maximum absolute atomic E-state index is 5.93. The van der Waals surface area contributed by atoms with Gasteiger partial charge in [-0.05, 0) is 44.0 Å². The molecule has 0 bridgehead atoms. The van der Waals surface area contributed by atoms with Gasteiger partial charge in [-0.2, -0.15) is 0 Å². The zero-order valence-electron chi connectivity index (χ0n) is 10.5. The normalized spacial score (nSPS) is 15.9. The predicted molar refractivity (Wildman–Crippen MR) is 74.8 cm³/mol. The molecule has 94 valence electrons. The fourth-order valence-electron chi connectivity index (χ4n) is 2.20. The number of likely N-dealkylation sites (N-methyl/N-ethyl adjacent to an activating group) is 1. The molecule has 1 aliphatic rings. The Morgan fingerprint density at radius 3 is 2.88 bits per heavy atom. The number of halogens is 1. The van der Waals surface area contributed by atoms with E-state index in [9.17, 15) is 0 Å². The van der Waals surface area contributed by atoms with E-state index in [1.54, 1.807) is 0 Å². The highest BCUT2D eigenvalue weighted by Crippen LogP contribution is 2.26. The first kappa shape index (κ1) is 12.7. The molecule has 0 amide bonds. The Morgan fingerprint density at radius 2 is 2.24 bits per heavy atom. The monoisotopic (exact) mass is 252 g/mol. The summed E-state index contributed by atoms with van der Waals surface area (Å²) in [7, 11) is 2.21. The van der Waals surface area contributed by atoms with Crippen LogP contribution in [-0.2, 0) is 0 Å². The van der Waals surface area contributed by atoms with Gasteiger partial charge in [0.15, 0.2) is 0 Å². The molecule has 1 fully saturated rings. The number of benzene rings is 1. The molecule has 2 rings (SSSR count). The Kier molecular flexibility index (Phi) is 4.69. The Morgan fingerprint density at radius 1 is 1.41 bits per heavy atom. The SMILES string of the molecule is CN(CCNc1cccc(Cl)c1)CC1CCC1. The van der Waals surface area contributed by atoms with Crippen molar-refractivity contribution in [2.45, 2.75) is 19.3 Å². The van der Waals surface area contributed by atoms with Crippen molar-refractivity contribution in [3.8, 4) is 0 Å². The Labute approximate surface area is 109 Å². The Hall–Kier alpha value is -0.730. The van der Waals surface area contributed by atoms with Crippen molar-refractivity contribution in [3.05, 3.63) is 29.3 Å². The standard InChI is InChI=1S/C14H21ClN2/c1-17(11-12-4-2-5-12)9-8-16-14-7-3-6-13(15)10-14/h3,6-7,10,12,16H,2,4-5,8-9,11H2,1H3. The maximum Gasteiger partial charge on any atom is 0.0426 e. The molecule has 3 heteroatoms. The molecule has 1 saturated carbocycles. The maximum atomic E-state index is 5.93. The fraction of sp³-hybridized carbons (Fsp3) is 0.571. The van der Waals surface area contributed by atoms with Crippen molar-refractivity contribution in [2.75, 3.05) is 32.0 Å². The molecule has 0 spiro atoms. The van der Waals surface area contributed by atoms with Crippen LogP contribution in [0.2, 0.25) is 5.02 Å². The Bertz CT molecular complexity index is 350. The van der Waals surface area contributed by atoms with Gasteiger partial charge in [0.25, 0.3) is 0 Å². The van der Waals surface area contributed by atoms with Crippen molar-refractivity contribution in [1.82, 2.24) is 4.90 Å². The molecule has 0 atom stereocenters. The number of nitrogens with zero attached hydrogens (tertiary/aromatic N) is 1. The summed E-state index contributed by atoms with van der Waals surface area (Å²) in [6.07, 6.45) is 4.28. The van der Waals surface area contributed by atoms with Crippen LogP contribution in [0, 0.1) is 5.92 Å². The van der Waals surface area contributed by atoms with Crippen molar-refractivity contribution in [3.63, 3.8) is 0 Å². The number of anilines is 1. The molecular formula is C14H21ClN2. The lowest BCUT2D eigenvalue weighted by atomic mass is 9.85. The van der Waals surface area contributed by atoms with Crippen molar-refractivity contribution in [1.29, 1.82) is 0 Å². The molecule has 0 aliphatic heterocycles. The lowest BCUT2D eigenvalue weighted by Crippen LogP contribution is -2.32.